The number of hydrogen-bond acceptors (Lipinski definition) is 3. The fourth-order valence-electron chi connectivity index (χ4n) is 1.33. The van der Waals surface area contributed by atoms with E-state index in [0.29, 0.717) is 5.56 Å². The molecule has 2 aromatic rings. The molecule has 0 aliphatic carbocycles. The Bertz CT molecular complexity index is 471. The summed E-state index contributed by atoms with van der Waals surface area (Å²) in [6, 6.07) is 3.71. The van der Waals surface area contributed by atoms with Gasteiger partial charge in [-0.25, -0.2) is 0 Å². The summed E-state index contributed by atoms with van der Waals surface area (Å²) >= 11 is 6.01. The van der Waals surface area contributed by atoms with Gasteiger partial charge < -0.3 is 0 Å². The zero-order valence-corrected chi connectivity index (χ0v) is 8.78. The molecule has 0 amide bonds. The van der Waals surface area contributed by atoms with Crippen molar-refractivity contribution in [2.45, 2.75) is 11.8 Å². The smallest absolute Gasteiger partial charge is 0.150 e. The lowest BCUT2D eigenvalue weighted by Crippen LogP contribution is -1.80. The number of aryl methyl sites for hydroxylation is 1. The molecule has 1 aromatic heterocycles. The number of benzene rings is 1. The second kappa shape index (κ2) is 3.16. The number of aldehydes is 1. The van der Waals surface area contributed by atoms with Crippen LogP contribution in [0.4, 0.5) is 0 Å². The van der Waals surface area contributed by atoms with Gasteiger partial charge in [0.1, 0.15) is 6.29 Å². The SMILES string of the molecule is Cc1csc2c(S)cc(C=O)cc12. The van der Waals surface area contributed by atoms with Gasteiger partial charge in [-0.05, 0) is 35.4 Å². The number of carbonyl (C=O) groups is 1. The molecule has 0 bridgehead atoms. The van der Waals surface area contributed by atoms with Crippen LogP contribution in [0.15, 0.2) is 22.4 Å². The number of thiophene rings is 1. The molecule has 0 N–H and O–H groups in total. The lowest BCUT2D eigenvalue weighted by Gasteiger charge is -1.97. The van der Waals surface area contributed by atoms with Crippen LogP contribution in [0, 0.1) is 6.92 Å². The van der Waals surface area contributed by atoms with Crippen LogP contribution in [-0.2, 0) is 0 Å². The van der Waals surface area contributed by atoms with E-state index >= 15 is 0 Å². The standard InChI is InChI=1S/C10H8OS2/c1-6-5-13-10-8(6)2-7(4-11)3-9(10)12/h2-5,12H,1H3. The van der Waals surface area contributed by atoms with Gasteiger partial charge in [0.25, 0.3) is 0 Å². The summed E-state index contributed by atoms with van der Waals surface area (Å²) in [5.41, 5.74) is 1.90. The summed E-state index contributed by atoms with van der Waals surface area (Å²) in [5.74, 6) is 0. The highest BCUT2D eigenvalue weighted by atomic mass is 32.1. The quantitative estimate of drug-likeness (QED) is 0.562. The fraction of sp³-hybridized carbons (Fsp3) is 0.100. The van der Waals surface area contributed by atoms with Crippen molar-refractivity contribution in [3.05, 3.63) is 28.6 Å². The van der Waals surface area contributed by atoms with Gasteiger partial charge in [-0.1, -0.05) is 0 Å². The molecule has 66 valence electrons. The third-order valence-corrected chi connectivity index (χ3v) is 3.66. The van der Waals surface area contributed by atoms with Crippen molar-refractivity contribution in [2.24, 2.45) is 0 Å². The largest absolute Gasteiger partial charge is 0.298 e. The third kappa shape index (κ3) is 1.38. The van der Waals surface area contributed by atoms with Gasteiger partial charge in [0.2, 0.25) is 0 Å². The van der Waals surface area contributed by atoms with Crippen molar-refractivity contribution in [3.8, 4) is 0 Å². The van der Waals surface area contributed by atoms with Crippen LogP contribution in [0.2, 0.25) is 0 Å². The summed E-state index contributed by atoms with van der Waals surface area (Å²) in [6.07, 6.45) is 0.857. The summed E-state index contributed by atoms with van der Waals surface area (Å²) in [7, 11) is 0. The minimum atomic E-state index is 0.694. The van der Waals surface area contributed by atoms with Gasteiger partial charge in [-0.2, -0.15) is 0 Å². The van der Waals surface area contributed by atoms with Crippen LogP contribution >= 0.6 is 24.0 Å². The highest BCUT2D eigenvalue weighted by Crippen LogP contribution is 2.31. The first-order valence-electron chi connectivity index (χ1n) is 3.88. The van der Waals surface area contributed by atoms with Gasteiger partial charge in [0.15, 0.2) is 0 Å². The van der Waals surface area contributed by atoms with Crippen LogP contribution < -0.4 is 0 Å². The van der Waals surface area contributed by atoms with E-state index in [9.17, 15) is 4.79 Å². The van der Waals surface area contributed by atoms with Crippen molar-refractivity contribution in [1.29, 1.82) is 0 Å². The molecule has 0 radical (unpaired) electrons. The lowest BCUT2D eigenvalue weighted by molar-refractivity contribution is 0.112. The molecular weight excluding hydrogens is 200 g/mol. The second-order valence-corrected chi connectivity index (χ2v) is 4.31. The first-order valence-corrected chi connectivity index (χ1v) is 5.21. The van der Waals surface area contributed by atoms with E-state index in [1.54, 1.807) is 17.4 Å². The van der Waals surface area contributed by atoms with Crippen molar-refractivity contribution in [3.63, 3.8) is 0 Å². The Labute approximate surface area is 85.8 Å². The topological polar surface area (TPSA) is 17.1 Å². The molecule has 1 heterocycles. The molecule has 0 spiro atoms. The molecule has 0 fully saturated rings. The molecule has 0 saturated carbocycles. The Morgan fingerprint density at radius 2 is 2.23 bits per heavy atom. The minimum Gasteiger partial charge on any atom is -0.298 e. The summed E-state index contributed by atoms with van der Waals surface area (Å²) in [6.45, 7) is 2.04. The number of fused-ring (bicyclic) bond motifs is 1. The Hall–Kier alpha value is -0.800. The summed E-state index contributed by atoms with van der Waals surface area (Å²) in [4.78, 5) is 11.5. The molecule has 0 aliphatic rings. The maximum atomic E-state index is 10.6. The molecule has 3 heteroatoms. The van der Waals surface area contributed by atoms with Crippen molar-refractivity contribution in [1.82, 2.24) is 0 Å². The number of hydrogen-bond donors (Lipinski definition) is 1. The molecule has 0 unspecified atom stereocenters. The Kier molecular flexibility index (Phi) is 2.14. The van der Waals surface area contributed by atoms with Crippen LogP contribution in [0.1, 0.15) is 15.9 Å². The molecule has 0 aliphatic heterocycles. The van der Waals surface area contributed by atoms with E-state index in [2.05, 4.69) is 18.0 Å². The van der Waals surface area contributed by atoms with Crippen LogP contribution in [0.5, 0.6) is 0 Å². The third-order valence-electron chi connectivity index (χ3n) is 2.01. The Balaban J connectivity index is 2.87. The average Bonchev–Trinajstić information content (AvgIpc) is 2.48. The number of thiol groups is 1. The zero-order chi connectivity index (χ0) is 9.42. The van der Waals surface area contributed by atoms with Gasteiger partial charge in [0.05, 0.1) is 0 Å². The second-order valence-electron chi connectivity index (χ2n) is 2.95. The summed E-state index contributed by atoms with van der Waals surface area (Å²) < 4.78 is 1.16. The highest BCUT2D eigenvalue weighted by Gasteiger charge is 2.04. The van der Waals surface area contributed by atoms with E-state index < -0.39 is 0 Å². The summed E-state index contributed by atoms with van der Waals surface area (Å²) in [5, 5.41) is 3.22. The molecular formula is C10H8OS2. The van der Waals surface area contributed by atoms with Gasteiger partial charge >= 0.3 is 0 Å². The molecule has 13 heavy (non-hydrogen) atoms. The molecule has 0 saturated heterocycles. The van der Waals surface area contributed by atoms with Gasteiger partial charge in [-0.15, -0.1) is 24.0 Å². The van der Waals surface area contributed by atoms with Crippen molar-refractivity contribution < 1.29 is 4.79 Å². The van der Waals surface area contributed by atoms with Gasteiger partial charge in [-0.3, -0.25) is 4.79 Å². The normalized spacial score (nSPS) is 10.6. The molecule has 2 rings (SSSR count). The van der Waals surface area contributed by atoms with E-state index in [1.807, 2.05) is 13.0 Å². The first kappa shape index (κ1) is 8.78. The average molecular weight is 208 g/mol. The lowest BCUT2D eigenvalue weighted by atomic mass is 10.1. The monoisotopic (exact) mass is 208 g/mol. The van der Waals surface area contributed by atoms with Crippen LogP contribution in [0.3, 0.4) is 0 Å². The fourth-order valence-corrected chi connectivity index (χ4v) is 2.71. The van der Waals surface area contributed by atoms with E-state index in [-0.39, 0.29) is 0 Å². The zero-order valence-electron chi connectivity index (χ0n) is 7.07. The minimum absolute atomic E-state index is 0.694. The van der Waals surface area contributed by atoms with E-state index in [0.717, 1.165) is 21.3 Å². The van der Waals surface area contributed by atoms with E-state index in [1.165, 1.54) is 5.56 Å². The van der Waals surface area contributed by atoms with Crippen molar-refractivity contribution in [2.75, 3.05) is 0 Å². The molecule has 1 nitrogen and oxygen atoms in total. The first-order chi connectivity index (χ1) is 6.22. The Morgan fingerprint density at radius 1 is 1.46 bits per heavy atom. The van der Waals surface area contributed by atoms with Crippen LogP contribution in [0.25, 0.3) is 10.1 Å². The predicted molar refractivity (Wildman–Crippen MR) is 59.2 cm³/mol. The molecule has 1 aromatic carbocycles. The van der Waals surface area contributed by atoms with Crippen LogP contribution in [-0.4, -0.2) is 6.29 Å². The molecule has 0 atom stereocenters. The number of rotatable bonds is 1. The van der Waals surface area contributed by atoms with E-state index in [4.69, 9.17) is 0 Å². The maximum absolute atomic E-state index is 10.6. The van der Waals surface area contributed by atoms with Gasteiger partial charge in [0, 0.05) is 15.2 Å². The van der Waals surface area contributed by atoms with Crippen molar-refractivity contribution >= 4 is 40.3 Å². The predicted octanol–water partition coefficient (Wildman–Crippen LogP) is 3.31. The number of carbonyl (C=O) groups excluding carboxylic acids is 1. The maximum Gasteiger partial charge on any atom is 0.150 e. The highest BCUT2D eigenvalue weighted by molar-refractivity contribution is 7.80. The Morgan fingerprint density at radius 3 is 2.92 bits per heavy atom.